The number of fused-ring (bicyclic) bond motifs is 9. The highest BCUT2D eigenvalue weighted by Crippen LogP contribution is 2.45. The molecule has 0 saturated heterocycles. The minimum Gasteiger partial charge on any atom is -0.309 e. The lowest BCUT2D eigenvalue weighted by Crippen LogP contribution is -2.05. The molecule has 0 unspecified atom stereocenters. The van der Waals surface area contributed by atoms with E-state index < -0.39 is 0 Å². The third-order valence-electron chi connectivity index (χ3n) is 13.7. The molecule has 14 rings (SSSR count). The van der Waals surface area contributed by atoms with Gasteiger partial charge in [-0.1, -0.05) is 182 Å². The van der Waals surface area contributed by atoms with Crippen molar-refractivity contribution in [3.63, 3.8) is 0 Å². The zero-order chi connectivity index (χ0) is 45.4. The maximum Gasteiger partial charge on any atom is 0.166 e. The fraction of sp³-hybridized carbons (Fsp3) is 0. The van der Waals surface area contributed by atoms with Gasteiger partial charge in [0.05, 0.1) is 50.2 Å². The maximum atomic E-state index is 5.30. The lowest BCUT2D eigenvalue weighted by atomic mass is 10.0. The highest BCUT2D eigenvalue weighted by Gasteiger charge is 2.26. The number of para-hydroxylation sites is 5. The highest BCUT2D eigenvalue weighted by atomic mass is 15.1. The van der Waals surface area contributed by atoms with Crippen molar-refractivity contribution in [1.29, 1.82) is 0 Å². The van der Waals surface area contributed by atoms with Gasteiger partial charge in [0.25, 0.3) is 0 Å². The normalized spacial score (nSPS) is 11.8. The number of rotatable bonds is 7. The quantitative estimate of drug-likeness (QED) is 0.160. The topological polar surface area (TPSA) is 53.5 Å². The van der Waals surface area contributed by atoms with Crippen LogP contribution in [0.4, 0.5) is 0 Å². The van der Waals surface area contributed by atoms with Crippen LogP contribution in [0.15, 0.2) is 243 Å². The van der Waals surface area contributed by atoms with Crippen LogP contribution in [0.1, 0.15) is 0 Å². The van der Waals surface area contributed by atoms with Crippen molar-refractivity contribution in [3.05, 3.63) is 243 Å². The Labute approximate surface area is 397 Å². The van der Waals surface area contributed by atoms with Gasteiger partial charge in [-0.25, -0.2) is 15.0 Å². The summed E-state index contributed by atoms with van der Waals surface area (Å²) >= 11 is 0. The van der Waals surface area contributed by atoms with E-state index >= 15 is 0 Å². The molecule has 0 fully saturated rings. The second-order valence-corrected chi connectivity index (χ2v) is 17.6. The summed E-state index contributed by atoms with van der Waals surface area (Å²) in [6, 6.07) is 86.4. The van der Waals surface area contributed by atoms with Gasteiger partial charge < -0.3 is 13.7 Å². The molecule has 10 aromatic carbocycles. The van der Waals surface area contributed by atoms with Gasteiger partial charge in [-0.3, -0.25) is 0 Å². The number of hydrogen-bond acceptors (Lipinski definition) is 3. The van der Waals surface area contributed by atoms with Crippen LogP contribution in [0.3, 0.4) is 0 Å². The summed E-state index contributed by atoms with van der Waals surface area (Å²) in [5.74, 6) is 1.83. The van der Waals surface area contributed by atoms with Crippen molar-refractivity contribution in [2.24, 2.45) is 0 Å². The van der Waals surface area contributed by atoms with Gasteiger partial charge in [0.1, 0.15) is 0 Å². The van der Waals surface area contributed by atoms with Crippen LogP contribution in [0, 0.1) is 0 Å². The van der Waals surface area contributed by atoms with Crippen LogP contribution in [-0.4, -0.2) is 28.7 Å². The van der Waals surface area contributed by atoms with E-state index in [1.54, 1.807) is 0 Å². The predicted molar refractivity (Wildman–Crippen MR) is 285 cm³/mol. The SMILES string of the molecule is c1ccc(-c2ccc3c(c2)c2ccccc2n3-c2cccc3c4c(-n5c6ccccc6c6ccccc65)cccc4n(-c4ccccc4-c4nc(-c5ccccc5)nc(-c5ccccc5)n4)c23)cc1. The monoisotopic (exact) mass is 880 g/mol. The molecule has 0 N–H and O–H groups in total. The molecule has 0 saturated carbocycles. The molecule has 0 atom stereocenters. The minimum absolute atomic E-state index is 0.592. The number of benzene rings is 10. The van der Waals surface area contributed by atoms with Gasteiger partial charge in [-0.05, 0) is 71.8 Å². The van der Waals surface area contributed by atoms with Crippen molar-refractivity contribution in [3.8, 4) is 62.4 Å². The largest absolute Gasteiger partial charge is 0.309 e. The van der Waals surface area contributed by atoms with Crippen LogP contribution in [-0.2, 0) is 0 Å². The summed E-state index contributed by atoms with van der Waals surface area (Å²) in [4.78, 5) is 15.7. The lowest BCUT2D eigenvalue weighted by Gasteiger charge is -2.17. The Balaban J connectivity index is 1.12. The standard InChI is InChI=1S/C63H40N6/c1-4-20-41(21-5-1)44-38-39-55-50(40-44)47-28-12-16-33-53(47)68(55)58-37-18-30-49-59-56(67-51-31-14-10-26-45(51)46-27-11-15-32-52(46)67)35-19-36-57(59)69(60(49)58)54-34-17-13-29-48(54)63-65-61(42-22-6-2-7-23-42)64-62(66-63)43-24-8-3-9-25-43/h1-40H. The van der Waals surface area contributed by atoms with Gasteiger partial charge in [-0.2, -0.15) is 0 Å². The van der Waals surface area contributed by atoms with Gasteiger partial charge in [0.15, 0.2) is 17.5 Å². The Bertz CT molecular complexity index is 4190. The van der Waals surface area contributed by atoms with E-state index in [1.807, 2.05) is 36.4 Å². The summed E-state index contributed by atoms with van der Waals surface area (Å²) < 4.78 is 7.37. The summed E-state index contributed by atoms with van der Waals surface area (Å²) in [7, 11) is 0. The third kappa shape index (κ3) is 6.09. The molecular weight excluding hydrogens is 841 g/mol. The van der Waals surface area contributed by atoms with Crippen molar-refractivity contribution in [2.75, 3.05) is 0 Å². The molecule has 0 aliphatic rings. The van der Waals surface area contributed by atoms with Crippen LogP contribution in [0.25, 0.3) is 128 Å². The van der Waals surface area contributed by atoms with Gasteiger partial charge >= 0.3 is 0 Å². The van der Waals surface area contributed by atoms with Gasteiger partial charge in [0, 0.05) is 49.0 Å². The van der Waals surface area contributed by atoms with Gasteiger partial charge in [-0.15, -0.1) is 0 Å². The Hall–Kier alpha value is -9.39. The third-order valence-corrected chi connectivity index (χ3v) is 13.7. The first kappa shape index (κ1) is 38.8. The van der Waals surface area contributed by atoms with Crippen LogP contribution in [0.5, 0.6) is 0 Å². The van der Waals surface area contributed by atoms with Crippen molar-refractivity contribution >= 4 is 65.4 Å². The van der Waals surface area contributed by atoms with E-state index in [2.05, 4.69) is 220 Å². The number of hydrogen-bond donors (Lipinski definition) is 0. The minimum atomic E-state index is 0.592. The van der Waals surface area contributed by atoms with E-state index in [9.17, 15) is 0 Å². The van der Waals surface area contributed by atoms with E-state index in [-0.39, 0.29) is 0 Å². The Morgan fingerprint density at radius 2 is 0.681 bits per heavy atom. The van der Waals surface area contributed by atoms with Crippen LogP contribution in [0.2, 0.25) is 0 Å². The maximum absolute atomic E-state index is 5.30. The van der Waals surface area contributed by atoms with Crippen molar-refractivity contribution in [1.82, 2.24) is 28.7 Å². The molecule has 0 radical (unpaired) electrons. The summed E-state index contributed by atoms with van der Waals surface area (Å²) in [6.45, 7) is 0. The fourth-order valence-electron chi connectivity index (χ4n) is 10.7. The first-order valence-corrected chi connectivity index (χ1v) is 23.4. The van der Waals surface area contributed by atoms with Crippen molar-refractivity contribution in [2.45, 2.75) is 0 Å². The molecular formula is C63H40N6. The molecule has 0 aliphatic heterocycles. The Morgan fingerprint density at radius 1 is 0.246 bits per heavy atom. The number of nitrogens with zero attached hydrogens (tertiary/aromatic N) is 6. The predicted octanol–water partition coefficient (Wildman–Crippen LogP) is 15.8. The molecule has 6 heteroatoms. The van der Waals surface area contributed by atoms with Gasteiger partial charge in [0.2, 0.25) is 0 Å². The van der Waals surface area contributed by atoms with E-state index in [4.69, 9.17) is 15.0 Å². The highest BCUT2D eigenvalue weighted by molar-refractivity contribution is 6.19. The fourth-order valence-corrected chi connectivity index (χ4v) is 10.7. The van der Waals surface area contributed by atoms with Crippen LogP contribution >= 0.6 is 0 Å². The molecule has 4 heterocycles. The molecule has 0 amide bonds. The second kappa shape index (κ2) is 15.6. The molecule has 0 spiro atoms. The molecule has 0 aliphatic carbocycles. The molecule has 0 bridgehead atoms. The first-order chi connectivity index (χ1) is 34.3. The molecule has 14 aromatic rings. The second-order valence-electron chi connectivity index (χ2n) is 17.6. The lowest BCUT2D eigenvalue weighted by molar-refractivity contribution is 1.06. The average molecular weight is 881 g/mol. The summed E-state index contributed by atoms with van der Waals surface area (Å²) in [5.41, 5.74) is 15.0. The summed E-state index contributed by atoms with van der Waals surface area (Å²) in [6.07, 6.45) is 0. The molecule has 4 aromatic heterocycles. The average Bonchev–Trinajstić information content (AvgIpc) is 4.07. The Kier molecular flexibility index (Phi) is 8.79. The smallest absolute Gasteiger partial charge is 0.166 e. The zero-order valence-electron chi connectivity index (χ0n) is 37.3. The van der Waals surface area contributed by atoms with E-state index in [0.29, 0.717) is 17.5 Å². The van der Waals surface area contributed by atoms with Crippen LogP contribution < -0.4 is 0 Å². The molecule has 322 valence electrons. The first-order valence-electron chi connectivity index (χ1n) is 23.4. The molecule has 6 nitrogen and oxygen atoms in total. The Morgan fingerprint density at radius 3 is 1.32 bits per heavy atom. The van der Waals surface area contributed by atoms with E-state index in [0.717, 1.165) is 77.6 Å². The molecule has 69 heavy (non-hydrogen) atoms. The van der Waals surface area contributed by atoms with E-state index in [1.165, 1.54) is 32.7 Å². The summed E-state index contributed by atoms with van der Waals surface area (Å²) in [5, 5.41) is 7.12. The number of aromatic nitrogens is 6. The van der Waals surface area contributed by atoms with Crippen molar-refractivity contribution < 1.29 is 0 Å². The zero-order valence-corrected chi connectivity index (χ0v) is 37.3.